The number of rotatable bonds is 2. The van der Waals surface area contributed by atoms with E-state index in [1.165, 1.54) is 12.8 Å². The average molecular weight is 469 g/mol. The van der Waals surface area contributed by atoms with Crippen LogP contribution < -0.4 is 0 Å². The van der Waals surface area contributed by atoms with Crippen molar-refractivity contribution in [3.05, 3.63) is 12.2 Å². The van der Waals surface area contributed by atoms with Gasteiger partial charge in [-0.25, -0.2) is 4.79 Å². The van der Waals surface area contributed by atoms with Gasteiger partial charge in [-0.3, -0.25) is 4.79 Å². The normalized spacial score (nSPS) is 61.9. The fourth-order valence-corrected chi connectivity index (χ4v) is 10.4. The summed E-state index contributed by atoms with van der Waals surface area (Å²) in [5.74, 6) is 2.41. The molecule has 7 rings (SSSR count). The second kappa shape index (κ2) is 6.19. The summed E-state index contributed by atoms with van der Waals surface area (Å²) in [4.78, 5) is 26.2. The molecule has 4 aliphatic carbocycles. The van der Waals surface area contributed by atoms with Crippen molar-refractivity contribution in [3.63, 3.8) is 0 Å². The molecule has 0 aromatic carbocycles. The van der Waals surface area contributed by atoms with Crippen LogP contribution in [0.2, 0.25) is 0 Å². The molecule has 3 saturated heterocycles. The topological polar surface area (TPSA) is 68.4 Å². The molecule has 0 unspecified atom stereocenters. The second-order valence-corrected chi connectivity index (χ2v) is 14.0. The van der Waals surface area contributed by atoms with Gasteiger partial charge in [0, 0.05) is 17.3 Å². The van der Waals surface area contributed by atoms with E-state index < -0.39 is 5.60 Å². The first-order chi connectivity index (χ1) is 15.9. The molecule has 0 aromatic heterocycles. The molecule has 34 heavy (non-hydrogen) atoms. The number of ketones is 1. The zero-order valence-electron chi connectivity index (χ0n) is 21.6. The van der Waals surface area contributed by atoms with Crippen LogP contribution in [0.25, 0.3) is 0 Å². The summed E-state index contributed by atoms with van der Waals surface area (Å²) in [5.41, 5.74) is -1.31. The van der Waals surface area contributed by atoms with Crippen LogP contribution in [-0.2, 0) is 23.8 Å². The largest absolute Gasteiger partial charge is 0.460 e. The molecular weight excluding hydrogens is 428 g/mol. The lowest BCUT2D eigenvalue weighted by atomic mass is 9.41. The lowest BCUT2D eigenvalue weighted by Crippen LogP contribution is -2.62. The summed E-state index contributed by atoms with van der Waals surface area (Å²) in [5, 5.41) is 0. The molecule has 5 heteroatoms. The third kappa shape index (κ3) is 2.27. The molecule has 6 fully saturated rings. The number of allylic oxidation sites excluding steroid dienone is 2. The lowest BCUT2D eigenvalue weighted by molar-refractivity contribution is -0.166. The standard InChI is InChI=1S/C29H40O5/c1-15(19-14-27(4)29(6,34-27)24(31)32-19)16-9-10-17-21-18(11-13-25(16,17)2)28(5)20(30)8-7-12-26(28,3)23-22(21)33-23/h7-8,15-19,21-23H,9-14H2,1-6H3/t15-,16+,17-,18-,19-,21-,22-,23-,25+,26+,27-,28-,29+/m0/s1. The van der Waals surface area contributed by atoms with E-state index in [9.17, 15) is 9.59 Å². The predicted octanol–water partition coefficient (Wildman–Crippen LogP) is 4.87. The summed E-state index contributed by atoms with van der Waals surface area (Å²) >= 11 is 0. The van der Waals surface area contributed by atoms with Crippen molar-refractivity contribution in [2.45, 2.75) is 110 Å². The summed E-state index contributed by atoms with van der Waals surface area (Å²) in [6.45, 7) is 13.3. The van der Waals surface area contributed by atoms with Crippen molar-refractivity contribution in [2.75, 3.05) is 0 Å². The maximum atomic E-state index is 13.4. The van der Waals surface area contributed by atoms with Crippen LogP contribution in [0.5, 0.6) is 0 Å². The van der Waals surface area contributed by atoms with Gasteiger partial charge in [0.2, 0.25) is 0 Å². The molecule has 0 bridgehead atoms. The van der Waals surface area contributed by atoms with E-state index in [-0.39, 0.29) is 40.0 Å². The van der Waals surface area contributed by atoms with Gasteiger partial charge in [0.05, 0.1) is 12.2 Å². The van der Waals surface area contributed by atoms with Crippen molar-refractivity contribution in [1.82, 2.24) is 0 Å². The van der Waals surface area contributed by atoms with Crippen molar-refractivity contribution < 1.29 is 23.8 Å². The third-order valence-corrected chi connectivity index (χ3v) is 13.0. The van der Waals surface area contributed by atoms with Crippen LogP contribution >= 0.6 is 0 Å². The van der Waals surface area contributed by atoms with E-state index in [2.05, 4.69) is 40.7 Å². The maximum Gasteiger partial charge on any atom is 0.341 e. The quantitative estimate of drug-likeness (QED) is 0.427. The molecule has 0 spiro atoms. The predicted molar refractivity (Wildman–Crippen MR) is 126 cm³/mol. The van der Waals surface area contributed by atoms with Gasteiger partial charge < -0.3 is 14.2 Å². The number of hydrogen-bond acceptors (Lipinski definition) is 5. The van der Waals surface area contributed by atoms with Gasteiger partial charge in [-0.2, -0.15) is 0 Å². The van der Waals surface area contributed by atoms with E-state index in [4.69, 9.17) is 14.2 Å². The Labute approximate surface area is 203 Å². The van der Waals surface area contributed by atoms with Crippen LogP contribution in [0.1, 0.15) is 80.1 Å². The molecule has 0 N–H and O–H groups in total. The molecule has 0 amide bonds. The van der Waals surface area contributed by atoms with Gasteiger partial charge >= 0.3 is 5.97 Å². The van der Waals surface area contributed by atoms with Crippen LogP contribution in [0.3, 0.4) is 0 Å². The SMILES string of the molecule is C[C@H]([C@@H]1C[C@]2(C)O[C@]2(C)C(=O)O1)[C@H]1CC[C@H]2[C@@H]3[C@@H]4O[C@@H]4[C@@]4(C)CC=CC(=O)[C@]4(C)[C@H]3CC[C@]12C. The third-order valence-electron chi connectivity index (χ3n) is 13.0. The monoisotopic (exact) mass is 468 g/mol. The van der Waals surface area contributed by atoms with Crippen molar-refractivity contribution >= 4 is 11.8 Å². The van der Waals surface area contributed by atoms with Crippen LogP contribution in [0.15, 0.2) is 12.2 Å². The number of hydrogen-bond donors (Lipinski definition) is 0. The van der Waals surface area contributed by atoms with Crippen LogP contribution in [0.4, 0.5) is 0 Å². The van der Waals surface area contributed by atoms with Gasteiger partial charge in [-0.1, -0.05) is 33.8 Å². The minimum absolute atomic E-state index is 0.0754. The number of esters is 1. The van der Waals surface area contributed by atoms with Gasteiger partial charge in [-0.05, 0) is 87.0 Å². The number of epoxide rings is 2. The minimum Gasteiger partial charge on any atom is -0.460 e. The summed E-state index contributed by atoms with van der Waals surface area (Å²) in [7, 11) is 0. The summed E-state index contributed by atoms with van der Waals surface area (Å²) in [6.07, 6.45) is 10.8. The fraction of sp³-hybridized carbons (Fsp3) is 0.862. The first kappa shape index (κ1) is 22.0. The number of ether oxygens (including phenoxy) is 3. The highest BCUT2D eigenvalue weighted by Crippen LogP contribution is 2.74. The molecule has 186 valence electrons. The number of fused-ring (bicyclic) bond motifs is 9. The highest BCUT2D eigenvalue weighted by molar-refractivity contribution is 5.97. The van der Waals surface area contributed by atoms with E-state index in [1.54, 1.807) is 0 Å². The fourth-order valence-electron chi connectivity index (χ4n) is 10.4. The number of cyclic esters (lactones) is 1. The molecule has 13 atom stereocenters. The molecule has 0 aromatic rings. The van der Waals surface area contributed by atoms with Gasteiger partial charge in [-0.15, -0.1) is 0 Å². The van der Waals surface area contributed by atoms with Crippen molar-refractivity contribution in [2.24, 2.45) is 45.8 Å². The number of carbonyl (C=O) groups is 2. The molecule has 0 radical (unpaired) electrons. The van der Waals surface area contributed by atoms with Gasteiger partial charge in [0.25, 0.3) is 0 Å². The smallest absolute Gasteiger partial charge is 0.341 e. The Morgan fingerprint density at radius 1 is 1.03 bits per heavy atom. The van der Waals surface area contributed by atoms with Gasteiger partial charge in [0.15, 0.2) is 11.4 Å². The van der Waals surface area contributed by atoms with Crippen molar-refractivity contribution in [3.8, 4) is 0 Å². The molecule has 3 aliphatic heterocycles. The maximum absolute atomic E-state index is 13.4. The highest BCUT2D eigenvalue weighted by atomic mass is 16.7. The Balaban J connectivity index is 1.18. The van der Waals surface area contributed by atoms with E-state index in [1.807, 2.05) is 13.0 Å². The van der Waals surface area contributed by atoms with Crippen LogP contribution in [0, 0.1) is 45.8 Å². The Bertz CT molecular complexity index is 1020. The molecule has 3 saturated carbocycles. The van der Waals surface area contributed by atoms with E-state index >= 15 is 0 Å². The average Bonchev–Trinajstić information content (AvgIpc) is 3.64. The number of carbonyl (C=O) groups excluding carboxylic acids is 2. The van der Waals surface area contributed by atoms with Crippen molar-refractivity contribution in [1.29, 1.82) is 0 Å². The van der Waals surface area contributed by atoms with Gasteiger partial charge in [0.1, 0.15) is 11.7 Å². The first-order valence-electron chi connectivity index (χ1n) is 13.7. The van der Waals surface area contributed by atoms with E-state index in [0.717, 1.165) is 25.7 Å². The Morgan fingerprint density at radius 2 is 1.79 bits per heavy atom. The molecular formula is C29H40O5. The first-order valence-corrected chi connectivity index (χ1v) is 13.7. The zero-order valence-corrected chi connectivity index (χ0v) is 21.6. The highest BCUT2D eigenvalue weighted by Gasteiger charge is 2.77. The summed E-state index contributed by atoms with van der Waals surface area (Å²) < 4.78 is 18.4. The molecule has 3 heterocycles. The second-order valence-electron chi connectivity index (χ2n) is 14.0. The molecule has 7 aliphatic rings. The minimum atomic E-state index is -0.743. The summed E-state index contributed by atoms with van der Waals surface area (Å²) in [6, 6.07) is 0. The van der Waals surface area contributed by atoms with Crippen LogP contribution in [-0.4, -0.2) is 41.3 Å². The van der Waals surface area contributed by atoms with E-state index in [0.29, 0.717) is 41.5 Å². The Kier molecular flexibility index (Phi) is 4.01. The lowest BCUT2D eigenvalue weighted by Gasteiger charge is -2.61. The Hall–Kier alpha value is -1.20. The Morgan fingerprint density at radius 3 is 2.53 bits per heavy atom. The molecule has 5 nitrogen and oxygen atoms in total. The zero-order chi connectivity index (χ0) is 24.1.